The first-order valence-electron chi connectivity index (χ1n) is 5.58. The zero-order valence-corrected chi connectivity index (χ0v) is 9.85. The van der Waals surface area contributed by atoms with Crippen LogP contribution in [0.1, 0.15) is 17.4 Å². The maximum atomic E-state index is 12.0. The van der Waals surface area contributed by atoms with Crippen LogP contribution in [0.3, 0.4) is 0 Å². The Hall–Kier alpha value is -1.95. The molecule has 1 unspecified atom stereocenters. The molecule has 1 aromatic carbocycles. The van der Waals surface area contributed by atoms with Gasteiger partial charge in [-0.1, -0.05) is 12.1 Å². The van der Waals surface area contributed by atoms with E-state index < -0.39 is 6.36 Å². The SMILES string of the molecule is NC(Cc1ccco1)c1ccc(OC(F)(F)F)cc1. The summed E-state index contributed by atoms with van der Waals surface area (Å²) in [5.74, 6) is 0.463. The zero-order chi connectivity index (χ0) is 13.9. The van der Waals surface area contributed by atoms with Crippen LogP contribution < -0.4 is 10.5 Å². The molecule has 1 heterocycles. The van der Waals surface area contributed by atoms with E-state index in [0.29, 0.717) is 12.0 Å². The third kappa shape index (κ3) is 4.03. The van der Waals surface area contributed by atoms with Crippen molar-refractivity contribution in [3.8, 4) is 5.75 Å². The highest BCUT2D eigenvalue weighted by molar-refractivity contribution is 5.29. The maximum absolute atomic E-state index is 12.0. The third-order valence-electron chi connectivity index (χ3n) is 2.54. The van der Waals surface area contributed by atoms with E-state index in [1.54, 1.807) is 18.4 Å². The monoisotopic (exact) mass is 271 g/mol. The van der Waals surface area contributed by atoms with Crippen molar-refractivity contribution in [1.82, 2.24) is 0 Å². The molecule has 0 amide bonds. The smallest absolute Gasteiger partial charge is 0.469 e. The van der Waals surface area contributed by atoms with E-state index in [0.717, 1.165) is 5.76 Å². The molecule has 0 spiro atoms. The van der Waals surface area contributed by atoms with Crippen LogP contribution in [0.4, 0.5) is 13.2 Å². The first-order chi connectivity index (χ1) is 8.94. The van der Waals surface area contributed by atoms with Crippen molar-refractivity contribution in [2.75, 3.05) is 0 Å². The van der Waals surface area contributed by atoms with E-state index >= 15 is 0 Å². The van der Waals surface area contributed by atoms with Gasteiger partial charge in [0.15, 0.2) is 0 Å². The number of furan rings is 1. The minimum absolute atomic E-state index is 0.263. The molecule has 3 nitrogen and oxygen atoms in total. The second kappa shape index (κ2) is 5.36. The molecule has 2 N–H and O–H groups in total. The predicted molar refractivity (Wildman–Crippen MR) is 62.5 cm³/mol. The van der Waals surface area contributed by atoms with Gasteiger partial charge in [0.2, 0.25) is 0 Å². The largest absolute Gasteiger partial charge is 0.573 e. The van der Waals surface area contributed by atoms with Gasteiger partial charge in [-0.15, -0.1) is 13.2 Å². The molecule has 19 heavy (non-hydrogen) atoms. The molecule has 0 saturated heterocycles. The molecule has 0 radical (unpaired) electrons. The van der Waals surface area contributed by atoms with Crippen LogP contribution in [0.25, 0.3) is 0 Å². The van der Waals surface area contributed by atoms with Crippen molar-refractivity contribution in [2.24, 2.45) is 5.73 Å². The van der Waals surface area contributed by atoms with Crippen LogP contribution in [0.15, 0.2) is 47.1 Å². The minimum Gasteiger partial charge on any atom is -0.469 e. The van der Waals surface area contributed by atoms with Crippen molar-refractivity contribution in [1.29, 1.82) is 0 Å². The summed E-state index contributed by atoms with van der Waals surface area (Å²) in [7, 11) is 0. The summed E-state index contributed by atoms with van der Waals surface area (Å²) in [5, 5.41) is 0. The molecular formula is C13H12F3NO2. The first-order valence-corrected chi connectivity index (χ1v) is 5.58. The number of hydrogen-bond donors (Lipinski definition) is 1. The Balaban J connectivity index is 2.01. The van der Waals surface area contributed by atoms with Crippen molar-refractivity contribution >= 4 is 0 Å². The van der Waals surface area contributed by atoms with Gasteiger partial charge in [-0.3, -0.25) is 0 Å². The van der Waals surface area contributed by atoms with Crippen LogP contribution in [-0.2, 0) is 6.42 Å². The Morgan fingerprint density at radius 2 is 1.84 bits per heavy atom. The van der Waals surface area contributed by atoms with Gasteiger partial charge in [-0.25, -0.2) is 0 Å². The molecule has 2 aromatic rings. The highest BCUT2D eigenvalue weighted by atomic mass is 19.4. The van der Waals surface area contributed by atoms with Crippen molar-refractivity contribution in [2.45, 2.75) is 18.8 Å². The quantitative estimate of drug-likeness (QED) is 0.926. The zero-order valence-electron chi connectivity index (χ0n) is 9.85. The molecule has 1 aromatic heterocycles. The Morgan fingerprint density at radius 1 is 1.16 bits per heavy atom. The fourth-order valence-electron chi connectivity index (χ4n) is 1.68. The Bertz CT molecular complexity index is 506. The number of benzene rings is 1. The number of alkyl halides is 3. The molecule has 2 rings (SSSR count). The summed E-state index contributed by atoms with van der Waals surface area (Å²) >= 11 is 0. The predicted octanol–water partition coefficient (Wildman–Crippen LogP) is 3.42. The fourth-order valence-corrected chi connectivity index (χ4v) is 1.68. The van der Waals surface area contributed by atoms with Crippen molar-refractivity contribution in [3.63, 3.8) is 0 Å². The number of rotatable bonds is 4. The van der Waals surface area contributed by atoms with E-state index in [2.05, 4.69) is 4.74 Å². The van der Waals surface area contributed by atoms with Crippen LogP contribution in [0.2, 0.25) is 0 Å². The lowest BCUT2D eigenvalue weighted by molar-refractivity contribution is -0.274. The number of nitrogens with two attached hydrogens (primary N) is 1. The van der Waals surface area contributed by atoms with Gasteiger partial charge in [-0.2, -0.15) is 0 Å². The average molecular weight is 271 g/mol. The van der Waals surface area contributed by atoms with E-state index in [1.165, 1.54) is 24.3 Å². The number of halogens is 3. The number of hydrogen-bond acceptors (Lipinski definition) is 3. The lowest BCUT2D eigenvalue weighted by Crippen LogP contribution is -2.17. The highest BCUT2D eigenvalue weighted by Crippen LogP contribution is 2.24. The molecule has 6 heteroatoms. The lowest BCUT2D eigenvalue weighted by Gasteiger charge is -2.12. The summed E-state index contributed by atoms with van der Waals surface area (Å²) in [6.07, 6.45) is -2.66. The summed E-state index contributed by atoms with van der Waals surface area (Å²) < 4.78 is 44.9. The molecule has 0 aliphatic rings. The second-order valence-electron chi connectivity index (χ2n) is 4.01. The molecule has 0 fully saturated rings. The van der Waals surface area contributed by atoms with Crippen molar-refractivity contribution in [3.05, 3.63) is 54.0 Å². The van der Waals surface area contributed by atoms with E-state index in [-0.39, 0.29) is 11.8 Å². The molecular weight excluding hydrogens is 259 g/mol. The molecule has 102 valence electrons. The summed E-state index contributed by atoms with van der Waals surface area (Å²) in [4.78, 5) is 0. The molecule has 0 bridgehead atoms. The van der Waals surface area contributed by atoms with Gasteiger partial charge in [0.25, 0.3) is 0 Å². The van der Waals surface area contributed by atoms with E-state index in [1.807, 2.05) is 0 Å². The van der Waals surface area contributed by atoms with Gasteiger partial charge >= 0.3 is 6.36 Å². The summed E-state index contributed by atoms with van der Waals surface area (Å²) in [6.45, 7) is 0. The average Bonchev–Trinajstić information content (AvgIpc) is 2.80. The second-order valence-corrected chi connectivity index (χ2v) is 4.01. The van der Waals surface area contributed by atoms with Gasteiger partial charge in [0, 0.05) is 12.5 Å². The highest BCUT2D eigenvalue weighted by Gasteiger charge is 2.31. The normalized spacial score (nSPS) is 13.3. The molecule has 1 atom stereocenters. The minimum atomic E-state index is -4.68. The maximum Gasteiger partial charge on any atom is 0.573 e. The topological polar surface area (TPSA) is 48.4 Å². The lowest BCUT2D eigenvalue weighted by atomic mass is 10.0. The van der Waals surface area contributed by atoms with Crippen LogP contribution in [0.5, 0.6) is 5.75 Å². The summed E-state index contributed by atoms with van der Waals surface area (Å²) in [6, 6.07) is 8.70. The van der Waals surface area contributed by atoms with Crippen LogP contribution >= 0.6 is 0 Å². The van der Waals surface area contributed by atoms with Crippen molar-refractivity contribution < 1.29 is 22.3 Å². The molecule has 0 saturated carbocycles. The Kier molecular flexibility index (Phi) is 3.80. The van der Waals surface area contributed by atoms with Crippen LogP contribution in [0, 0.1) is 0 Å². The Labute approximate surface area is 107 Å². The van der Waals surface area contributed by atoms with E-state index in [4.69, 9.17) is 10.2 Å². The fraction of sp³-hybridized carbons (Fsp3) is 0.231. The summed E-state index contributed by atoms with van der Waals surface area (Å²) in [5.41, 5.74) is 6.65. The molecule has 0 aliphatic carbocycles. The number of ether oxygens (including phenoxy) is 1. The van der Waals surface area contributed by atoms with E-state index in [9.17, 15) is 13.2 Å². The van der Waals surface area contributed by atoms with Gasteiger partial charge in [0.05, 0.1) is 6.26 Å². The Morgan fingerprint density at radius 3 is 2.37 bits per heavy atom. The van der Waals surface area contributed by atoms with Gasteiger partial charge in [0.1, 0.15) is 11.5 Å². The molecule has 0 aliphatic heterocycles. The first kappa shape index (κ1) is 13.5. The third-order valence-corrected chi connectivity index (χ3v) is 2.54. The van der Waals surface area contributed by atoms with Gasteiger partial charge in [-0.05, 0) is 29.8 Å². The van der Waals surface area contributed by atoms with Crippen LogP contribution in [-0.4, -0.2) is 6.36 Å². The van der Waals surface area contributed by atoms with Gasteiger partial charge < -0.3 is 14.9 Å². The standard InChI is InChI=1S/C13H12F3NO2/c14-13(15,16)19-10-5-3-9(4-6-10)12(17)8-11-2-1-7-18-11/h1-7,12H,8,17H2.